The van der Waals surface area contributed by atoms with E-state index in [0.717, 1.165) is 6.26 Å². The summed E-state index contributed by atoms with van der Waals surface area (Å²) in [6, 6.07) is 10.7. The molecule has 2 atom stereocenters. The summed E-state index contributed by atoms with van der Waals surface area (Å²) in [6.45, 7) is 0.953. The fourth-order valence-electron chi connectivity index (χ4n) is 4.84. The Labute approximate surface area is 238 Å². The minimum Gasteiger partial charge on any atom is -0.484 e. The molecule has 0 aromatic heterocycles. The molecule has 2 heterocycles. The highest BCUT2D eigenvalue weighted by Crippen LogP contribution is 2.30. The zero-order valence-electron chi connectivity index (χ0n) is 22.6. The first-order valence-corrected chi connectivity index (χ1v) is 16.3. The molecule has 2 aromatic carbocycles. The van der Waals surface area contributed by atoms with Crippen LogP contribution in [0.15, 0.2) is 47.4 Å². The number of hydrogen-bond acceptors (Lipinski definition) is 10. The number of ether oxygens (including phenoxy) is 1. The van der Waals surface area contributed by atoms with E-state index in [1.165, 1.54) is 12.1 Å². The molecule has 2 aromatic rings. The molecular weight excluding hydrogens is 576 g/mol. The highest BCUT2D eigenvalue weighted by atomic mass is 32.2. The van der Waals surface area contributed by atoms with Gasteiger partial charge in [-0.2, -0.15) is 0 Å². The second-order valence-electron chi connectivity index (χ2n) is 10.2. The molecule has 0 bridgehead atoms. The first-order valence-electron chi connectivity index (χ1n) is 12.7. The van der Waals surface area contributed by atoms with Gasteiger partial charge in [0.1, 0.15) is 11.5 Å². The van der Waals surface area contributed by atoms with Crippen LogP contribution in [-0.4, -0.2) is 101 Å². The number of carbonyl (C=O) groups excluding carboxylic acids is 3. The minimum atomic E-state index is -3.74. The summed E-state index contributed by atoms with van der Waals surface area (Å²) in [5.74, 6) is -2.08. The zero-order valence-corrected chi connectivity index (χ0v) is 24.2. The van der Waals surface area contributed by atoms with Crippen LogP contribution in [0.4, 0.5) is 5.69 Å². The van der Waals surface area contributed by atoms with Gasteiger partial charge in [0.15, 0.2) is 16.4 Å². The summed E-state index contributed by atoms with van der Waals surface area (Å²) < 4.78 is 54.5. The maximum absolute atomic E-state index is 13.5. The van der Waals surface area contributed by atoms with Crippen molar-refractivity contribution in [3.05, 3.63) is 53.6 Å². The number of rotatable bonds is 10. The number of carbonyl (C=O) groups is 3. The number of fused-ring (bicyclic) bond motifs is 1. The van der Waals surface area contributed by atoms with Crippen LogP contribution in [0.25, 0.3) is 0 Å². The minimum absolute atomic E-state index is 0.00848. The average molecular weight is 609 g/mol. The average Bonchev–Trinajstić information content (AvgIpc) is 3.28. The lowest BCUT2D eigenvalue weighted by Crippen LogP contribution is -2.39. The topological polar surface area (TPSA) is 179 Å². The van der Waals surface area contributed by atoms with Gasteiger partial charge in [0, 0.05) is 26.7 Å². The van der Waals surface area contributed by atoms with Crippen LogP contribution in [0.5, 0.6) is 5.75 Å². The molecule has 0 radical (unpaired) electrons. The highest BCUT2D eigenvalue weighted by Gasteiger charge is 2.31. The van der Waals surface area contributed by atoms with E-state index in [0.29, 0.717) is 42.9 Å². The Morgan fingerprint density at radius 3 is 2.68 bits per heavy atom. The van der Waals surface area contributed by atoms with Gasteiger partial charge in [0.25, 0.3) is 5.91 Å². The van der Waals surface area contributed by atoms with Crippen molar-refractivity contribution in [1.29, 1.82) is 0 Å². The van der Waals surface area contributed by atoms with E-state index >= 15 is 0 Å². The number of nitrogens with zero attached hydrogens (tertiary/aromatic N) is 2. The number of sulfonamides is 1. The Bertz CT molecular complexity index is 1560. The Hall–Kier alpha value is -3.53. The predicted octanol–water partition coefficient (Wildman–Crippen LogP) is -0.324. The monoisotopic (exact) mass is 608 g/mol. The second-order valence-corrected chi connectivity index (χ2v) is 13.9. The third-order valence-electron chi connectivity index (χ3n) is 6.78. The Morgan fingerprint density at radius 2 is 2.00 bits per heavy atom. The molecule has 4 rings (SSSR count). The number of hydrogen-bond donors (Lipinski definition) is 3. The summed E-state index contributed by atoms with van der Waals surface area (Å²) in [6.07, 6.45) is 0.926. The molecule has 222 valence electrons. The molecular formula is C26H32N4O9S2. The SMILES string of the molecule is CN(C(=O)Cc1ccc2c(c1)NC(=O)CS2(=O)=O)C(CN1CC[C@H](O)C1)c1cccc(OCC(=O)NS(C)(=O)=O)c1. The number of sulfone groups is 1. The van der Waals surface area contributed by atoms with Crippen LogP contribution in [0, 0.1) is 0 Å². The number of likely N-dealkylation sites (tertiary alicyclic amines) is 1. The summed E-state index contributed by atoms with van der Waals surface area (Å²) in [7, 11) is -5.84. The Morgan fingerprint density at radius 1 is 1.24 bits per heavy atom. The number of amides is 3. The van der Waals surface area contributed by atoms with Gasteiger partial charge in [-0.25, -0.2) is 16.8 Å². The highest BCUT2D eigenvalue weighted by molar-refractivity contribution is 7.92. The van der Waals surface area contributed by atoms with Crippen LogP contribution in [0.2, 0.25) is 0 Å². The second kappa shape index (κ2) is 12.1. The number of aliphatic hydroxyl groups excluding tert-OH is 1. The molecule has 41 heavy (non-hydrogen) atoms. The van der Waals surface area contributed by atoms with Gasteiger partial charge in [0.2, 0.25) is 21.8 Å². The van der Waals surface area contributed by atoms with E-state index in [-0.39, 0.29) is 22.9 Å². The van der Waals surface area contributed by atoms with Crippen LogP contribution in [-0.2, 0) is 40.7 Å². The molecule has 15 heteroatoms. The molecule has 1 fully saturated rings. The van der Waals surface area contributed by atoms with Crippen molar-refractivity contribution in [1.82, 2.24) is 14.5 Å². The van der Waals surface area contributed by atoms with Gasteiger partial charge in [0.05, 0.1) is 35.4 Å². The van der Waals surface area contributed by atoms with Crippen LogP contribution >= 0.6 is 0 Å². The number of aliphatic hydroxyl groups is 1. The molecule has 13 nitrogen and oxygen atoms in total. The predicted molar refractivity (Wildman–Crippen MR) is 148 cm³/mol. The van der Waals surface area contributed by atoms with Crippen molar-refractivity contribution in [2.24, 2.45) is 0 Å². The van der Waals surface area contributed by atoms with Crippen molar-refractivity contribution < 1.29 is 41.1 Å². The normalized spacial score (nSPS) is 19.1. The van der Waals surface area contributed by atoms with Gasteiger partial charge in [-0.15, -0.1) is 0 Å². The Balaban J connectivity index is 1.53. The van der Waals surface area contributed by atoms with E-state index < -0.39 is 56.2 Å². The molecule has 0 saturated carbocycles. The van der Waals surface area contributed by atoms with Gasteiger partial charge in [-0.1, -0.05) is 18.2 Å². The molecule has 0 spiro atoms. The third kappa shape index (κ3) is 8.03. The number of likely N-dealkylation sites (N-methyl/N-ethyl adjacent to an activating group) is 1. The van der Waals surface area contributed by atoms with Gasteiger partial charge in [-0.05, 0) is 41.8 Å². The van der Waals surface area contributed by atoms with Crippen LogP contribution < -0.4 is 14.8 Å². The molecule has 2 aliphatic rings. The number of benzene rings is 2. The summed E-state index contributed by atoms with van der Waals surface area (Å²) in [4.78, 5) is 40.8. The zero-order chi connectivity index (χ0) is 29.9. The fraction of sp³-hybridized carbons (Fsp3) is 0.423. The smallest absolute Gasteiger partial charge is 0.271 e. The molecule has 3 N–H and O–H groups in total. The summed E-state index contributed by atoms with van der Waals surface area (Å²) >= 11 is 0. The van der Waals surface area contributed by atoms with Gasteiger partial charge >= 0.3 is 0 Å². The van der Waals surface area contributed by atoms with Crippen molar-refractivity contribution >= 4 is 43.3 Å². The molecule has 1 saturated heterocycles. The Kier molecular flexibility index (Phi) is 9.01. The van der Waals surface area contributed by atoms with Crippen molar-refractivity contribution in [2.75, 3.05) is 50.6 Å². The van der Waals surface area contributed by atoms with Crippen molar-refractivity contribution in [3.63, 3.8) is 0 Å². The van der Waals surface area contributed by atoms with E-state index in [9.17, 15) is 36.3 Å². The van der Waals surface area contributed by atoms with Gasteiger partial charge in [-0.3, -0.25) is 24.0 Å². The lowest BCUT2D eigenvalue weighted by Gasteiger charge is -2.32. The number of β-amino-alcohol motifs (C(OH)–C–C–N with tert-alkyl or cyclic N) is 1. The standard InChI is InChI=1S/C26H32N4O9S2/c1-29(26(34)11-17-6-7-23-21(10-17)27-25(33)16-41(23,37)38)22(14-30-9-8-19(31)13-30)18-4-3-5-20(12-18)39-15-24(32)28-40(2,35)36/h3-7,10,12,19,22,31H,8-9,11,13-16H2,1-2H3,(H,27,33)(H,28,32)/t19-,22?/m0/s1. The van der Waals surface area contributed by atoms with Crippen LogP contribution in [0.1, 0.15) is 23.6 Å². The fourth-order valence-corrected chi connectivity index (χ4v) is 6.60. The van der Waals surface area contributed by atoms with Crippen LogP contribution in [0.3, 0.4) is 0 Å². The summed E-state index contributed by atoms with van der Waals surface area (Å²) in [5, 5.41) is 12.6. The maximum Gasteiger partial charge on any atom is 0.271 e. The molecule has 2 aliphatic heterocycles. The van der Waals surface area contributed by atoms with E-state index in [1.54, 1.807) is 42.3 Å². The van der Waals surface area contributed by atoms with Crippen molar-refractivity contribution in [2.45, 2.75) is 29.9 Å². The van der Waals surface area contributed by atoms with Crippen molar-refractivity contribution in [3.8, 4) is 5.75 Å². The number of nitrogens with one attached hydrogen (secondary N) is 2. The van der Waals surface area contributed by atoms with E-state index in [2.05, 4.69) is 5.32 Å². The molecule has 1 unspecified atom stereocenters. The first kappa shape index (κ1) is 30.4. The van der Waals surface area contributed by atoms with E-state index in [1.807, 2.05) is 9.62 Å². The lowest BCUT2D eigenvalue weighted by atomic mass is 10.0. The first-order chi connectivity index (χ1) is 19.2. The third-order valence-corrected chi connectivity index (χ3v) is 9.05. The quantitative estimate of drug-likeness (QED) is 0.324. The lowest BCUT2D eigenvalue weighted by molar-refractivity contribution is -0.131. The largest absolute Gasteiger partial charge is 0.484 e. The van der Waals surface area contributed by atoms with E-state index in [4.69, 9.17) is 4.74 Å². The van der Waals surface area contributed by atoms with Gasteiger partial charge < -0.3 is 20.1 Å². The molecule has 0 aliphatic carbocycles. The maximum atomic E-state index is 13.5. The number of anilines is 1. The molecule has 3 amide bonds. The summed E-state index contributed by atoms with van der Waals surface area (Å²) in [5.41, 5.74) is 1.34.